The third-order valence-corrected chi connectivity index (χ3v) is 0.678. The number of carbonyl (C=O) groups is 1. The molecule has 0 amide bonds. The number of hydrogen-bond acceptors (Lipinski definition) is 3. The lowest BCUT2D eigenvalue weighted by Crippen LogP contribution is -2.06. The standard InChI is InChI=1S/C6H7NO3.I2/c1-5(7-2)6(8)10-4-9-3;1-2/h1,4H2,3H3;. The zero-order valence-corrected chi connectivity index (χ0v) is 10.7. The summed E-state index contributed by atoms with van der Waals surface area (Å²) >= 11 is 4.24. The molecule has 0 rings (SSSR count). The number of ether oxygens (including phenoxy) is 2. The number of hydrogen-bond donors (Lipinski definition) is 0. The molecule has 68 valence electrons. The molecule has 12 heavy (non-hydrogen) atoms. The number of carbonyl (C=O) groups excluding carboxylic acids is 1. The van der Waals surface area contributed by atoms with Crippen LogP contribution in [0, 0.1) is 6.57 Å². The van der Waals surface area contributed by atoms with Crippen LogP contribution in [0.1, 0.15) is 0 Å². The van der Waals surface area contributed by atoms with Gasteiger partial charge in [0.2, 0.25) is 0 Å². The summed E-state index contributed by atoms with van der Waals surface area (Å²) in [6, 6.07) is 0. The molecule has 0 bridgehead atoms. The molecule has 0 unspecified atom stereocenters. The van der Waals surface area contributed by atoms with Crippen molar-refractivity contribution >= 4 is 43.2 Å². The van der Waals surface area contributed by atoms with Crippen LogP contribution in [0.25, 0.3) is 4.85 Å². The van der Waals surface area contributed by atoms with E-state index in [2.05, 4.69) is 58.1 Å². The van der Waals surface area contributed by atoms with Crippen LogP contribution < -0.4 is 0 Å². The predicted molar refractivity (Wildman–Crippen MR) is 61.8 cm³/mol. The second-order valence-electron chi connectivity index (χ2n) is 1.40. The van der Waals surface area contributed by atoms with E-state index in [-0.39, 0.29) is 12.5 Å². The summed E-state index contributed by atoms with van der Waals surface area (Å²) in [5, 5.41) is 0. The first-order valence-corrected chi connectivity index (χ1v) is 8.87. The van der Waals surface area contributed by atoms with Gasteiger partial charge in [-0.25, -0.2) is 4.85 Å². The Balaban J connectivity index is 0. The van der Waals surface area contributed by atoms with Crippen LogP contribution in [0.15, 0.2) is 12.3 Å². The Morgan fingerprint density at radius 2 is 2.17 bits per heavy atom. The minimum atomic E-state index is -0.739. The highest BCUT2D eigenvalue weighted by atomic mass is 128. The largest absolute Gasteiger partial charge is 0.443 e. The van der Waals surface area contributed by atoms with Crippen molar-refractivity contribution in [3.63, 3.8) is 0 Å². The first-order valence-electron chi connectivity index (χ1n) is 2.59. The van der Waals surface area contributed by atoms with Crippen LogP contribution in [0.3, 0.4) is 0 Å². The number of rotatable bonds is 3. The van der Waals surface area contributed by atoms with Gasteiger partial charge in [-0.2, -0.15) is 0 Å². The summed E-state index contributed by atoms with van der Waals surface area (Å²) in [4.78, 5) is 13.3. The normalized spacial score (nSPS) is 7.17. The van der Waals surface area contributed by atoms with Crippen LogP contribution in [0.4, 0.5) is 0 Å². The van der Waals surface area contributed by atoms with Crippen LogP contribution >= 0.6 is 37.2 Å². The summed E-state index contributed by atoms with van der Waals surface area (Å²) in [5.74, 6) is -0.739. The lowest BCUT2D eigenvalue weighted by atomic mass is 10.5. The molecule has 0 fully saturated rings. The maximum Gasteiger partial charge on any atom is 0.337 e. The lowest BCUT2D eigenvalue weighted by Gasteiger charge is -1.98. The number of methoxy groups -OCH3 is 1. The fourth-order valence-electron chi connectivity index (χ4n) is 0.241. The molecule has 0 N–H and O–H groups in total. The average Bonchev–Trinajstić information content (AvgIpc) is 2.16. The topological polar surface area (TPSA) is 39.9 Å². The van der Waals surface area contributed by atoms with Gasteiger partial charge in [0.1, 0.15) is 0 Å². The number of nitrogens with zero attached hydrogens (tertiary/aromatic N) is 1. The van der Waals surface area contributed by atoms with E-state index in [0.29, 0.717) is 0 Å². The fraction of sp³-hybridized carbons (Fsp3) is 0.333. The molecule has 0 saturated heterocycles. The Labute approximate surface area is 94.4 Å². The minimum Gasteiger partial charge on any atom is -0.443 e. The van der Waals surface area contributed by atoms with Crippen molar-refractivity contribution in [1.29, 1.82) is 0 Å². The smallest absolute Gasteiger partial charge is 0.337 e. The van der Waals surface area contributed by atoms with Crippen molar-refractivity contribution in [1.82, 2.24) is 0 Å². The van der Waals surface area contributed by atoms with Gasteiger partial charge in [-0.05, 0) is 0 Å². The minimum absolute atomic E-state index is 0.145. The van der Waals surface area contributed by atoms with Gasteiger partial charge in [-0.1, -0.05) is 6.58 Å². The van der Waals surface area contributed by atoms with Crippen LogP contribution in [0.2, 0.25) is 0 Å². The Kier molecular flexibility index (Phi) is 13.6. The van der Waals surface area contributed by atoms with Crippen molar-refractivity contribution in [3.05, 3.63) is 23.7 Å². The van der Waals surface area contributed by atoms with Crippen LogP contribution in [0.5, 0.6) is 0 Å². The van der Waals surface area contributed by atoms with Gasteiger partial charge in [-0.3, -0.25) is 4.79 Å². The molecular formula is C6H7I2NO3. The molecule has 0 radical (unpaired) electrons. The Morgan fingerprint density at radius 3 is 2.50 bits per heavy atom. The van der Waals surface area contributed by atoms with Gasteiger partial charge >= 0.3 is 5.97 Å². The average molecular weight is 395 g/mol. The Morgan fingerprint density at radius 1 is 1.67 bits per heavy atom. The van der Waals surface area contributed by atoms with Crippen molar-refractivity contribution in [3.8, 4) is 0 Å². The summed E-state index contributed by atoms with van der Waals surface area (Å²) in [6.07, 6.45) is 0. The van der Waals surface area contributed by atoms with E-state index in [1.54, 1.807) is 0 Å². The molecule has 0 aromatic rings. The lowest BCUT2D eigenvalue weighted by molar-refractivity contribution is -0.148. The van der Waals surface area contributed by atoms with Crippen molar-refractivity contribution in [2.24, 2.45) is 0 Å². The van der Waals surface area contributed by atoms with E-state index in [1.165, 1.54) is 7.11 Å². The highest BCUT2D eigenvalue weighted by Crippen LogP contribution is 1.94. The molecule has 0 aromatic heterocycles. The van der Waals surface area contributed by atoms with Gasteiger partial charge in [-0.15, -0.1) is 0 Å². The molecule has 0 aliphatic heterocycles. The molecule has 6 heteroatoms. The van der Waals surface area contributed by atoms with Crippen molar-refractivity contribution in [2.45, 2.75) is 0 Å². The molecule has 0 aromatic carbocycles. The van der Waals surface area contributed by atoms with E-state index in [0.717, 1.165) is 0 Å². The molecule has 0 aliphatic carbocycles. The second-order valence-corrected chi connectivity index (χ2v) is 1.40. The van der Waals surface area contributed by atoms with Gasteiger partial charge in [0.25, 0.3) is 5.70 Å². The van der Waals surface area contributed by atoms with Gasteiger partial charge in [0.15, 0.2) is 6.79 Å². The summed E-state index contributed by atoms with van der Waals surface area (Å²) in [7, 11) is 1.38. The molecule has 0 aliphatic rings. The Hall–Kier alpha value is 0.120. The van der Waals surface area contributed by atoms with Crippen molar-refractivity contribution in [2.75, 3.05) is 13.9 Å². The Bertz CT molecular complexity index is 188. The highest BCUT2D eigenvalue weighted by molar-refractivity contribution is 15.0. The zero-order valence-electron chi connectivity index (χ0n) is 6.34. The van der Waals surface area contributed by atoms with Crippen LogP contribution in [-0.4, -0.2) is 19.9 Å². The summed E-state index contributed by atoms with van der Waals surface area (Å²) < 4.78 is 8.79. The maximum absolute atomic E-state index is 10.5. The fourth-order valence-corrected chi connectivity index (χ4v) is 0.241. The van der Waals surface area contributed by atoms with Crippen LogP contribution in [-0.2, 0) is 14.3 Å². The molecular weight excluding hydrogens is 388 g/mol. The summed E-state index contributed by atoms with van der Waals surface area (Å²) in [6.45, 7) is 9.35. The van der Waals surface area contributed by atoms with E-state index < -0.39 is 5.97 Å². The summed E-state index contributed by atoms with van der Waals surface area (Å²) in [5.41, 5.74) is -0.239. The first kappa shape index (κ1) is 14.6. The van der Waals surface area contributed by atoms with E-state index in [9.17, 15) is 4.79 Å². The predicted octanol–water partition coefficient (Wildman–Crippen LogP) is 2.34. The number of halogens is 2. The molecule has 4 nitrogen and oxygen atoms in total. The molecule has 0 spiro atoms. The van der Waals surface area contributed by atoms with Gasteiger partial charge < -0.3 is 9.47 Å². The SMILES string of the molecule is II.[C-]#[N+]C(=C)C(=O)OCOC. The zero-order chi connectivity index (χ0) is 9.98. The maximum atomic E-state index is 10.5. The van der Waals surface area contributed by atoms with E-state index >= 15 is 0 Å². The molecule has 0 heterocycles. The van der Waals surface area contributed by atoms with E-state index in [1.807, 2.05) is 0 Å². The molecule has 0 atom stereocenters. The van der Waals surface area contributed by atoms with E-state index in [4.69, 9.17) is 6.57 Å². The van der Waals surface area contributed by atoms with Crippen molar-refractivity contribution < 1.29 is 14.3 Å². The highest BCUT2D eigenvalue weighted by Gasteiger charge is 2.06. The third-order valence-electron chi connectivity index (χ3n) is 0.678. The quantitative estimate of drug-likeness (QED) is 0.242. The van der Waals surface area contributed by atoms with Gasteiger partial charge in [0.05, 0.1) is 6.57 Å². The monoisotopic (exact) mass is 395 g/mol. The third kappa shape index (κ3) is 8.22. The number of esters is 1. The first-order chi connectivity index (χ1) is 5.72. The second kappa shape index (κ2) is 11.1. The van der Waals surface area contributed by atoms with Gasteiger partial charge in [0, 0.05) is 44.3 Å². The molecule has 0 saturated carbocycles.